The number of hydroxylamine groups is 1. The van der Waals surface area contributed by atoms with Crippen molar-refractivity contribution >= 4 is 23.3 Å². The van der Waals surface area contributed by atoms with Gasteiger partial charge in [-0.05, 0) is 25.1 Å². The molecule has 2 N–H and O–H groups in total. The maximum absolute atomic E-state index is 11.2. The lowest BCUT2D eigenvalue weighted by atomic mass is 10.3. The van der Waals surface area contributed by atoms with Gasteiger partial charge in [0.25, 0.3) is 0 Å². The Kier molecular flexibility index (Phi) is 3.73. The lowest BCUT2D eigenvalue weighted by Crippen LogP contribution is -2.37. The van der Waals surface area contributed by atoms with E-state index in [9.17, 15) is 10.0 Å². The van der Waals surface area contributed by atoms with E-state index in [0.717, 1.165) is 0 Å². The molecule has 1 aromatic rings. The van der Waals surface area contributed by atoms with Crippen LogP contribution in [0.3, 0.4) is 0 Å². The van der Waals surface area contributed by atoms with Crippen molar-refractivity contribution in [2.75, 3.05) is 11.6 Å². The minimum atomic E-state index is -0.574. The molecule has 0 aliphatic rings. The van der Waals surface area contributed by atoms with Crippen LogP contribution in [0.1, 0.15) is 6.92 Å². The molecule has 0 unspecified atom stereocenters. The van der Waals surface area contributed by atoms with Crippen molar-refractivity contribution in [2.24, 2.45) is 0 Å². The van der Waals surface area contributed by atoms with E-state index in [1.165, 1.54) is 6.07 Å². The predicted molar refractivity (Wildman–Crippen MR) is 54.8 cm³/mol. The molecule has 76 valence electrons. The Morgan fingerprint density at radius 1 is 1.64 bits per heavy atom. The highest BCUT2D eigenvalue weighted by molar-refractivity contribution is 6.30. The molecule has 0 aromatic heterocycles. The van der Waals surface area contributed by atoms with Gasteiger partial charge < -0.3 is 5.32 Å². The molecule has 0 saturated heterocycles. The maximum Gasteiger partial charge on any atom is 0.345 e. The summed E-state index contributed by atoms with van der Waals surface area (Å²) in [6.07, 6.45) is 0. The van der Waals surface area contributed by atoms with Gasteiger partial charge in [0.15, 0.2) is 0 Å². The molecule has 2 amide bonds. The molecule has 4 nitrogen and oxygen atoms in total. The average Bonchev–Trinajstić information content (AvgIpc) is 2.17. The Morgan fingerprint density at radius 2 is 2.36 bits per heavy atom. The normalized spacial score (nSPS) is 9.64. The number of carbonyl (C=O) groups is 1. The summed E-state index contributed by atoms with van der Waals surface area (Å²) in [5.74, 6) is 0. The van der Waals surface area contributed by atoms with E-state index in [-0.39, 0.29) is 0 Å². The van der Waals surface area contributed by atoms with Crippen LogP contribution < -0.4 is 10.4 Å². The third kappa shape index (κ3) is 2.61. The number of hydrogen-bond donors (Lipinski definition) is 2. The van der Waals surface area contributed by atoms with Crippen LogP contribution in [0.15, 0.2) is 24.3 Å². The monoisotopic (exact) mass is 214 g/mol. The number of halogens is 1. The van der Waals surface area contributed by atoms with Crippen LogP contribution in [0.5, 0.6) is 0 Å². The lowest BCUT2D eigenvalue weighted by molar-refractivity contribution is 0.205. The standard InChI is InChI=1S/C9H11ClN2O2/c1-2-11-9(13)12(14)8-5-3-4-7(10)6-8/h3-6,14H,2H2,1H3,(H,11,13). The fourth-order valence-corrected chi connectivity index (χ4v) is 1.14. The second kappa shape index (κ2) is 4.83. The highest BCUT2D eigenvalue weighted by Crippen LogP contribution is 2.17. The second-order valence-electron chi connectivity index (χ2n) is 2.63. The summed E-state index contributed by atoms with van der Waals surface area (Å²) in [6, 6.07) is 5.82. The summed E-state index contributed by atoms with van der Waals surface area (Å²) in [6.45, 7) is 2.22. The van der Waals surface area contributed by atoms with Crippen LogP contribution in [0, 0.1) is 0 Å². The maximum atomic E-state index is 11.2. The Morgan fingerprint density at radius 3 is 2.93 bits per heavy atom. The minimum absolute atomic E-state index is 0.337. The van der Waals surface area contributed by atoms with Gasteiger partial charge in [-0.25, -0.2) is 4.79 Å². The first-order valence-electron chi connectivity index (χ1n) is 4.17. The number of nitrogens with zero attached hydrogens (tertiary/aromatic N) is 1. The highest BCUT2D eigenvalue weighted by atomic mass is 35.5. The number of anilines is 1. The number of rotatable bonds is 2. The minimum Gasteiger partial charge on any atom is -0.336 e. The molecule has 0 atom stereocenters. The van der Waals surface area contributed by atoms with Crippen LogP contribution >= 0.6 is 11.6 Å². The number of carbonyl (C=O) groups excluding carboxylic acids is 1. The summed E-state index contributed by atoms with van der Waals surface area (Å²) in [7, 11) is 0. The van der Waals surface area contributed by atoms with Crippen LogP contribution in [-0.4, -0.2) is 17.8 Å². The van der Waals surface area contributed by atoms with Crippen LogP contribution in [0.4, 0.5) is 10.5 Å². The van der Waals surface area contributed by atoms with Gasteiger partial charge in [0.05, 0.1) is 5.69 Å². The molecule has 0 saturated carbocycles. The van der Waals surface area contributed by atoms with E-state index in [1.807, 2.05) is 0 Å². The van der Waals surface area contributed by atoms with Crippen molar-refractivity contribution in [2.45, 2.75) is 6.92 Å². The quantitative estimate of drug-likeness (QED) is 0.586. The van der Waals surface area contributed by atoms with Gasteiger partial charge in [-0.1, -0.05) is 17.7 Å². The van der Waals surface area contributed by atoms with Gasteiger partial charge in [-0.2, -0.15) is 5.06 Å². The second-order valence-corrected chi connectivity index (χ2v) is 3.06. The van der Waals surface area contributed by atoms with Crippen molar-refractivity contribution in [3.8, 4) is 0 Å². The van der Waals surface area contributed by atoms with Crippen LogP contribution in [0.2, 0.25) is 5.02 Å². The Hall–Kier alpha value is -1.26. The fraction of sp³-hybridized carbons (Fsp3) is 0.222. The fourth-order valence-electron chi connectivity index (χ4n) is 0.951. The average molecular weight is 215 g/mol. The Labute approximate surface area is 87.0 Å². The zero-order chi connectivity index (χ0) is 10.6. The van der Waals surface area contributed by atoms with E-state index >= 15 is 0 Å². The van der Waals surface area contributed by atoms with Gasteiger partial charge in [0, 0.05) is 11.6 Å². The number of benzene rings is 1. The molecule has 0 spiro atoms. The molecule has 0 fully saturated rings. The summed E-state index contributed by atoms with van der Waals surface area (Å²) >= 11 is 5.70. The van der Waals surface area contributed by atoms with E-state index in [0.29, 0.717) is 22.3 Å². The van der Waals surface area contributed by atoms with E-state index in [4.69, 9.17) is 11.6 Å². The SMILES string of the molecule is CCNC(=O)N(O)c1cccc(Cl)c1. The van der Waals surface area contributed by atoms with Crippen molar-refractivity contribution in [3.05, 3.63) is 29.3 Å². The Balaban J connectivity index is 2.78. The van der Waals surface area contributed by atoms with E-state index < -0.39 is 6.03 Å². The number of amides is 2. The van der Waals surface area contributed by atoms with Gasteiger partial charge in [0.1, 0.15) is 0 Å². The van der Waals surface area contributed by atoms with Crippen LogP contribution in [0.25, 0.3) is 0 Å². The first-order chi connectivity index (χ1) is 6.65. The lowest BCUT2D eigenvalue weighted by Gasteiger charge is -2.14. The zero-order valence-corrected chi connectivity index (χ0v) is 8.45. The van der Waals surface area contributed by atoms with Gasteiger partial charge in [0.2, 0.25) is 0 Å². The largest absolute Gasteiger partial charge is 0.345 e. The molecule has 14 heavy (non-hydrogen) atoms. The molecule has 0 radical (unpaired) electrons. The molecule has 0 bridgehead atoms. The van der Waals surface area contributed by atoms with E-state index in [1.54, 1.807) is 25.1 Å². The Bertz CT molecular complexity index is 330. The topological polar surface area (TPSA) is 52.6 Å². The summed E-state index contributed by atoms with van der Waals surface area (Å²) in [5, 5.41) is 12.9. The number of urea groups is 1. The van der Waals surface area contributed by atoms with Crippen molar-refractivity contribution < 1.29 is 10.0 Å². The molecule has 0 heterocycles. The van der Waals surface area contributed by atoms with Crippen LogP contribution in [-0.2, 0) is 0 Å². The van der Waals surface area contributed by atoms with Gasteiger partial charge in [-0.3, -0.25) is 5.21 Å². The third-order valence-electron chi connectivity index (χ3n) is 1.57. The molecule has 0 aliphatic heterocycles. The predicted octanol–water partition coefficient (Wildman–Crippen LogP) is 2.27. The number of nitrogens with one attached hydrogen (secondary N) is 1. The number of hydrogen-bond acceptors (Lipinski definition) is 2. The van der Waals surface area contributed by atoms with Crippen molar-refractivity contribution in [1.29, 1.82) is 0 Å². The third-order valence-corrected chi connectivity index (χ3v) is 1.81. The first kappa shape index (κ1) is 10.8. The van der Waals surface area contributed by atoms with Gasteiger partial charge in [-0.15, -0.1) is 0 Å². The van der Waals surface area contributed by atoms with Crippen molar-refractivity contribution in [3.63, 3.8) is 0 Å². The zero-order valence-electron chi connectivity index (χ0n) is 7.70. The smallest absolute Gasteiger partial charge is 0.336 e. The molecule has 5 heteroatoms. The highest BCUT2D eigenvalue weighted by Gasteiger charge is 2.11. The molecular formula is C9H11ClN2O2. The molecule has 0 aliphatic carbocycles. The summed E-state index contributed by atoms with van der Waals surface area (Å²) in [4.78, 5) is 11.2. The molecular weight excluding hydrogens is 204 g/mol. The van der Waals surface area contributed by atoms with Gasteiger partial charge >= 0.3 is 6.03 Å². The van der Waals surface area contributed by atoms with E-state index in [2.05, 4.69) is 5.32 Å². The van der Waals surface area contributed by atoms with Crippen molar-refractivity contribution in [1.82, 2.24) is 5.32 Å². The molecule has 1 rings (SSSR count). The summed E-state index contributed by atoms with van der Waals surface area (Å²) in [5.41, 5.74) is 0.337. The summed E-state index contributed by atoms with van der Waals surface area (Å²) < 4.78 is 0. The first-order valence-corrected chi connectivity index (χ1v) is 4.55. The molecule has 1 aromatic carbocycles.